The number of ether oxygens (including phenoxy) is 2. The summed E-state index contributed by atoms with van der Waals surface area (Å²) in [6.07, 6.45) is 0.814. The fourth-order valence-electron chi connectivity index (χ4n) is 1.73. The Morgan fingerprint density at radius 2 is 2.28 bits per heavy atom. The lowest BCUT2D eigenvalue weighted by Crippen LogP contribution is -2.37. The number of esters is 2. The molecule has 1 rings (SSSR count). The minimum atomic E-state index is -0.834. The highest BCUT2D eigenvalue weighted by atomic mass is 79.9. The molecule has 1 fully saturated rings. The summed E-state index contributed by atoms with van der Waals surface area (Å²) in [5, 5.41) is 0. The summed E-state index contributed by atoms with van der Waals surface area (Å²) >= 11 is 3.25. The lowest BCUT2D eigenvalue weighted by molar-refractivity contribution is -0.162. The molecular formula is C13H19BrO4. The SMILES string of the molecule is C=C(CCC)[C@@H](Br)C(=O)O[C@H]1C(=O)OCC1(C)C. The van der Waals surface area contributed by atoms with E-state index in [0.29, 0.717) is 0 Å². The van der Waals surface area contributed by atoms with Gasteiger partial charge in [0.2, 0.25) is 6.10 Å². The van der Waals surface area contributed by atoms with E-state index in [1.165, 1.54) is 0 Å². The van der Waals surface area contributed by atoms with Crippen LogP contribution >= 0.6 is 15.9 Å². The van der Waals surface area contributed by atoms with E-state index < -0.39 is 28.3 Å². The van der Waals surface area contributed by atoms with Crippen LogP contribution in [-0.2, 0) is 19.1 Å². The van der Waals surface area contributed by atoms with Gasteiger partial charge in [0.25, 0.3) is 0 Å². The zero-order valence-electron chi connectivity index (χ0n) is 11.0. The zero-order valence-corrected chi connectivity index (χ0v) is 12.6. The molecule has 4 nitrogen and oxygen atoms in total. The monoisotopic (exact) mass is 318 g/mol. The fourth-order valence-corrected chi connectivity index (χ4v) is 2.06. The van der Waals surface area contributed by atoms with E-state index >= 15 is 0 Å². The molecule has 0 aliphatic carbocycles. The van der Waals surface area contributed by atoms with Crippen molar-refractivity contribution in [1.29, 1.82) is 0 Å². The molecule has 0 saturated carbocycles. The van der Waals surface area contributed by atoms with Crippen LogP contribution in [0.15, 0.2) is 12.2 Å². The highest BCUT2D eigenvalue weighted by molar-refractivity contribution is 9.10. The largest absolute Gasteiger partial charge is 0.462 e. The Hall–Kier alpha value is -0.840. The van der Waals surface area contributed by atoms with Crippen LogP contribution in [0.2, 0.25) is 0 Å². The zero-order chi connectivity index (χ0) is 13.9. The minimum absolute atomic E-state index is 0.270. The first-order valence-electron chi connectivity index (χ1n) is 5.98. The molecule has 1 heterocycles. The topological polar surface area (TPSA) is 52.6 Å². The molecule has 0 unspecified atom stereocenters. The maximum absolute atomic E-state index is 11.9. The van der Waals surface area contributed by atoms with Gasteiger partial charge in [-0.3, -0.25) is 4.79 Å². The van der Waals surface area contributed by atoms with Gasteiger partial charge in [-0.05, 0) is 6.42 Å². The molecular weight excluding hydrogens is 300 g/mol. The first-order valence-corrected chi connectivity index (χ1v) is 6.90. The van der Waals surface area contributed by atoms with Gasteiger partial charge in [-0.1, -0.05) is 55.3 Å². The average molecular weight is 319 g/mol. The van der Waals surface area contributed by atoms with Crippen molar-refractivity contribution >= 4 is 27.9 Å². The van der Waals surface area contributed by atoms with Crippen LogP contribution < -0.4 is 0 Å². The summed E-state index contributed by atoms with van der Waals surface area (Å²) in [5.74, 6) is -0.959. The lowest BCUT2D eigenvalue weighted by atomic mass is 9.90. The molecule has 1 saturated heterocycles. The predicted molar refractivity (Wildman–Crippen MR) is 71.4 cm³/mol. The number of carbonyl (C=O) groups excluding carboxylic acids is 2. The van der Waals surface area contributed by atoms with Crippen molar-refractivity contribution in [3.63, 3.8) is 0 Å². The summed E-state index contributed by atoms with van der Waals surface area (Å²) in [6.45, 7) is 9.78. The third-order valence-corrected chi connectivity index (χ3v) is 3.90. The first-order chi connectivity index (χ1) is 8.29. The van der Waals surface area contributed by atoms with Gasteiger partial charge < -0.3 is 9.47 Å². The number of alkyl halides is 1. The second kappa shape index (κ2) is 5.87. The van der Waals surface area contributed by atoms with Gasteiger partial charge in [0.05, 0.1) is 0 Å². The van der Waals surface area contributed by atoms with Crippen LogP contribution in [0.3, 0.4) is 0 Å². The summed E-state index contributed by atoms with van der Waals surface area (Å²) in [5.41, 5.74) is 0.276. The predicted octanol–water partition coefficient (Wildman–Crippen LogP) is 2.60. The van der Waals surface area contributed by atoms with E-state index in [9.17, 15) is 9.59 Å². The number of carbonyl (C=O) groups is 2. The Labute approximate surface area is 116 Å². The van der Waals surface area contributed by atoms with Crippen LogP contribution in [0.1, 0.15) is 33.6 Å². The van der Waals surface area contributed by atoms with Gasteiger partial charge in [0, 0.05) is 5.41 Å². The summed E-state index contributed by atoms with van der Waals surface area (Å²) in [4.78, 5) is 22.8. The minimum Gasteiger partial charge on any atom is -0.462 e. The van der Waals surface area contributed by atoms with E-state index in [1.54, 1.807) is 0 Å². The number of halogens is 1. The van der Waals surface area contributed by atoms with Gasteiger partial charge in [-0.25, -0.2) is 4.79 Å². The van der Waals surface area contributed by atoms with Crippen LogP contribution in [-0.4, -0.2) is 29.5 Å². The molecule has 0 spiro atoms. The molecule has 0 aromatic heterocycles. The van der Waals surface area contributed by atoms with Gasteiger partial charge >= 0.3 is 11.9 Å². The van der Waals surface area contributed by atoms with Gasteiger partial charge in [-0.15, -0.1) is 0 Å². The Morgan fingerprint density at radius 3 is 2.72 bits per heavy atom. The van der Waals surface area contributed by atoms with Crippen LogP contribution in [0.25, 0.3) is 0 Å². The van der Waals surface area contributed by atoms with Crippen molar-refractivity contribution in [2.45, 2.75) is 44.5 Å². The molecule has 18 heavy (non-hydrogen) atoms. The normalized spacial score (nSPS) is 23.3. The Bertz CT molecular complexity index is 362. The summed E-state index contributed by atoms with van der Waals surface area (Å²) < 4.78 is 10.2. The summed E-state index contributed by atoms with van der Waals surface area (Å²) in [6, 6.07) is 0. The quantitative estimate of drug-likeness (QED) is 0.444. The van der Waals surface area contributed by atoms with Crippen molar-refractivity contribution in [3.05, 3.63) is 12.2 Å². The molecule has 0 radical (unpaired) electrons. The Morgan fingerprint density at radius 1 is 1.67 bits per heavy atom. The third kappa shape index (κ3) is 3.34. The highest BCUT2D eigenvalue weighted by Crippen LogP contribution is 2.32. The maximum atomic E-state index is 11.9. The molecule has 0 aromatic carbocycles. The Kier molecular flexibility index (Phi) is 4.96. The summed E-state index contributed by atoms with van der Waals surface area (Å²) in [7, 11) is 0. The Balaban J connectivity index is 2.64. The highest BCUT2D eigenvalue weighted by Gasteiger charge is 2.47. The average Bonchev–Trinajstić information content (AvgIpc) is 2.55. The second-order valence-corrected chi connectivity index (χ2v) is 6.10. The van der Waals surface area contributed by atoms with Crippen molar-refractivity contribution in [2.75, 3.05) is 6.61 Å². The van der Waals surface area contributed by atoms with Gasteiger partial charge in [0.15, 0.2) is 0 Å². The number of cyclic esters (lactones) is 1. The molecule has 2 atom stereocenters. The van der Waals surface area contributed by atoms with Crippen molar-refractivity contribution in [2.24, 2.45) is 5.41 Å². The standard InChI is InChI=1S/C13H19BrO4/c1-5-6-8(2)9(14)11(15)18-10-12(16)17-7-13(10,3)4/h9-10H,2,5-7H2,1,3-4H3/t9-,10+/m1/s1. The van der Waals surface area contributed by atoms with E-state index in [4.69, 9.17) is 9.47 Å². The van der Waals surface area contributed by atoms with Crippen molar-refractivity contribution in [1.82, 2.24) is 0 Å². The van der Waals surface area contributed by atoms with Crippen LogP contribution in [0.4, 0.5) is 0 Å². The lowest BCUT2D eigenvalue weighted by Gasteiger charge is -2.23. The number of rotatable bonds is 5. The van der Waals surface area contributed by atoms with Crippen molar-refractivity contribution in [3.8, 4) is 0 Å². The van der Waals surface area contributed by atoms with E-state index in [-0.39, 0.29) is 6.61 Å². The van der Waals surface area contributed by atoms with Gasteiger partial charge in [0.1, 0.15) is 11.4 Å². The van der Waals surface area contributed by atoms with E-state index in [2.05, 4.69) is 22.5 Å². The third-order valence-electron chi connectivity index (χ3n) is 2.88. The number of hydrogen-bond donors (Lipinski definition) is 0. The molecule has 102 valence electrons. The van der Waals surface area contributed by atoms with Crippen LogP contribution in [0.5, 0.6) is 0 Å². The van der Waals surface area contributed by atoms with Crippen molar-refractivity contribution < 1.29 is 19.1 Å². The maximum Gasteiger partial charge on any atom is 0.348 e. The second-order valence-electron chi connectivity index (χ2n) is 5.18. The molecule has 0 aromatic rings. The van der Waals surface area contributed by atoms with E-state index in [0.717, 1.165) is 18.4 Å². The molecule has 1 aliphatic rings. The molecule has 0 bridgehead atoms. The smallest absolute Gasteiger partial charge is 0.348 e. The van der Waals surface area contributed by atoms with Crippen LogP contribution in [0, 0.1) is 5.41 Å². The fraction of sp³-hybridized carbons (Fsp3) is 0.692. The molecule has 5 heteroatoms. The molecule has 0 amide bonds. The van der Waals surface area contributed by atoms with Gasteiger partial charge in [-0.2, -0.15) is 0 Å². The molecule has 0 N–H and O–H groups in total. The first kappa shape index (κ1) is 15.2. The number of hydrogen-bond acceptors (Lipinski definition) is 4. The molecule has 1 aliphatic heterocycles. The van der Waals surface area contributed by atoms with E-state index in [1.807, 2.05) is 20.8 Å².